The van der Waals surface area contributed by atoms with Gasteiger partial charge in [0.15, 0.2) is 0 Å². The third kappa shape index (κ3) is 3.37. The number of halogens is 1. The van der Waals surface area contributed by atoms with Crippen LogP contribution in [-0.4, -0.2) is 23.3 Å². The van der Waals surface area contributed by atoms with Gasteiger partial charge in [-0.2, -0.15) is 0 Å². The van der Waals surface area contributed by atoms with E-state index in [1.165, 1.54) is 0 Å². The Morgan fingerprint density at radius 2 is 1.65 bits per heavy atom. The molecule has 2 amide bonds. The number of fused-ring (bicyclic) bond motifs is 2. The average Bonchev–Trinajstić information content (AvgIpc) is 3.31. The molecule has 2 unspecified atom stereocenters. The van der Waals surface area contributed by atoms with Crippen molar-refractivity contribution >= 4 is 35.0 Å². The molecule has 3 aromatic rings. The second-order valence-electron chi connectivity index (χ2n) is 9.26. The summed E-state index contributed by atoms with van der Waals surface area (Å²) in [5.74, 6) is -1.26. The van der Waals surface area contributed by atoms with E-state index in [-0.39, 0.29) is 0 Å². The van der Waals surface area contributed by atoms with Crippen molar-refractivity contribution in [3.05, 3.63) is 101 Å². The quantitative estimate of drug-likeness (QED) is 0.454. The Morgan fingerprint density at radius 1 is 1.00 bits per heavy atom. The van der Waals surface area contributed by atoms with Crippen LogP contribution in [0.5, 0.6) is 0 Å². The van der Waals surface area contributed by atoms with E-state index in [0.29, 0.717) is 27.5 Å². The molecule has 34 heavy (non-hydrogen) atoms. The van der Waals surface area contributed by atoms with Crippen molar-refractivity contribution < 1.29 is 19.2 Å². The normalized spacial score (nSPS) is 21.3. The molecule has 2 heterocycles. The Bertz CT molecular complexity index is 1320. The Balaban J connectivity index is 1.72. The summed E-state index contributed by atoms with van der Waals surface area (Å²) in [7, 11) is 0. The molecule has 0 fully saturated rings. The number of hydrogen-bond acceptors (Lipinski definition) is 5. The number of amides is 2. The number of para-hydroxylation sites is 1. The number of ether oxygens (including phenoxy) is 1. The second-order valence-corrected chi connectivity index (χ2v) is 9.67. The van der Waals surface area contributed by atoms with Crippen LogP contribution < -0.4 is 4.90 Å². The molecule has 2 atom stereocenters. The molecule has 0 saturated carbocycles. The number of oxime groups is 1. The molecule has 2 aliphatic rings. The Morgan fingerprint density at radius 3 is 2.35 bits per heavy atom. The molecule has 0 bridgehead atoms. The van der Waals surface area contributed by atoms with Gasteiger partial charge in [0.05, 0.1) is 17.3 Å². The van der Waals surface area contributed by atoms with E-state index in [9.17, 15) is 9.59 Å². The first kappa shape index (κ1) is 22.2. The highest BCUT2D eigenvalue weighted by atomic mass is 35.5. The zero-order chi connectivity index (χ0) is 24.1. The summed E-state index contributed by atoms with van der Waals surface area (Å²) in [6.45, 7) is 5.26. The number of imide groups is 1. The molecule has 2 aliphatic heterocycles. The lowest BCUT2D eigenvalue weighted by Crippen LogP contribution is -2.48. The van der Waals surface area contributed by atoms with Crippen molar-refractivity contribution in [1.82, 2.24) is 0 Å². The number of anilines is 1. The van der Waals surface area contributed by atoms with Gasteiger partial charge in [0.2, 0.25) is 0 Å². The Kier molecular flexibility index (Phi) is 5.21. The van der Waals surface area contributed by atoms with Crippen LogP contribution in [0, 0.1) is 0 Å². The minimum Gasteiger partial charge on any atom is -0.443 e. The molecule has 6 nitrogen and oxygen atoms in total. The first-order valence-electron chi connectivity index (χ1n) is 11.0. The predicted molar refractivity (Wildman–Crippen MR) is 130 cm³/mol. The summed E-state index contributed by atoms with van der Waals surface area (Å²) in [6.07, 6.45) is -0.767. The molecule has 0 saturated heterocycles. The van der Waals surface area contributed by atoms with Gasteiger partial charge in [-0.25, -0.2) is 9.69 Å². The molecule has 3 aromatic carbocycles. The van der Waals surface area contributed by atoms with Crippen molar-refractivity contribution in [2.45, 2.75) is 37.9 Å². The highest BCUT2D eigenvalue weighted by Crippen LogP contribution is 2.56. The van der Waals surface area contributed by atoms with Gasteiger partial charge in [-0.15, -0.1) is 0 Å². The summed E-state index contributed by atoms with van der Waals surface area (Å²) in [6, 6.07) is 23.9. The average molecular weight is 475 g/mol. The van der Waals surface area contributed by atoms with Crippen molar-refractivity contribution in [3.63, 3.8) is 0 Å². The number of rotatable bonds is 2. The highest BCUT2D eigenvalue weighted by Gasteiger charge is 2.65. The van der Waals surface area contributed by atoms with Crippen molar-refractivity contribution in [3.8, 4) is 0 Å². The fourth-order valence-electron chi connectivity index (χ4n) is 4.55. The molecular formula is C27H23ClN2O4. The summed E-state index contributed by atoms with van der Waals surface area (Å²) < 4.78 is 5.57. The smallest absolute Gasteiger partial charge is 0.421 e. The van der Waals surface area contributed by atoms with E-state index < -0.39 is 29.1 Å². The van der Waals surface area contributed by atoms with E-state index >= 15 is 0 Å². The maximum Gasteiger partial charge on any atom is 0.421 e. The van der Waals surface area contributed by atoms with Gasteiger partial charge in [0, 0.05) is 16.1 Å². The van der Waals surface area contributed by atoms with Crippen LogP contribution in [-0.2, 0) is 20.0 Å². The van der Waals surface area contributed by atoms with E-state index in [1.54, 1.807) is 51.1 Å². The van der Waals surface area contributed by atoms with Crippen LogP contribution in [0.4, 0.5) is 10.5 Å². The molecule has 7 heteroatoms. The van der Waals surface area contributed by atoms with Gasteiger partial charge in [-0.05, 0) is 38.5 Å². The van der Waals surface area contributed by atoms with Crippen LogP contribution in [0.1, 0.15) is 43.4 Å². The molecule has 0 aromatic heterocycles. The van der Waals surface area contributed by atoms with E-state index in [0.717, 1.165) is 10.5 Å². The molecule has 5 rings (SSSR count). The standard InChI is InChI=1S/C27H23ClN2O4/c1-26(2,3)33-25(32)30-21-16-10-8-14-19(21)27(24(30)31)22(18-13-7-9-15-20(18)28)23(29-34-27)17-11-5-4-6-12-17/h4-16,22H,1-3H3. The number of carbonyl (C=O) groups is 2. The van der Waals surface area contributed by atoms with Gasteiger partial charge in [0.1, 0.15) is 5.60 Å². The predicted octanol–water partition coefficient (Wildman–Crippen LogP) is 6.04. The molecule has 0 aliphatic carbocycles. The summed E-state index contributed by atoms with van der Waals surface area (Å²) in [5, 5.41) is 4.89. The van der Waals surface area contributed by atoms with Gasteiger partial charge in [-0.1, -0.05) is 83.5 Å². The largest absolute Gasteiger partial charge is 0.443 e. The van der Waals surface area contributed by atoms with Crippen LogP contribution in [0.2, 0.25) is 5.02 Å². The van der Waals surface area contributed by atoms with Gasteiger partial charge in [-0.3, -0.25) is 4.79 Å². The zero-order valence-electron chi connectivity index (χ0n) is 19.0. The summed E-state index contributed by atoms with van der Waals surface area (Å²) >= 11 is 6.65. The Labute approximate surface area is 202 Å². The molecule has 0 radical (unpaired) electrons. The van der Waals surface area contributed by atoms with Crippen molar-refractivity contribution in [2.75, 3.05) is 4.90 Å². The SMILES string of the molecule is CC(C)(C)OC(=O)N1C(=O)C2(ON=C(c3ccccc3)C2c2ccccc2Cl)c2ccccc21. The van der Waals surface area contributed by atoms with Gasteiger partial charge in [0.25, 0.3) is 11.5 Å². The van der Waals surface area contributed by atoms with Crippen LogP contribution in [0.25, 0.3) is 0 Å². The maximum absolute atomic E-state index is 14.2. The zero-order valence-corrected chi connectivity index (χ0v) is 19.7. The fourth-order valence-corrected chi connectivity index (χ4v) is 4.80. The fraction of sp³-hybridized carbons (Fsp3) is 0.222. The second kappa shape index (κ2) is 7.99. The highest BCUT2D eigenvalue weighted by molar-refractivity contribution is 6.32. The lowest BCUT2D eigenvalue weighted by atomic mass is 9.74. The van der Waals surface area contributed by atoms with E-state index in [1.807, 2.05) is 48.5 Å². The lowest BCUT2D eigenvalue weighted by molar-refractivity contribution is -0.141. The third-order valence-corrected chi connectivity index (χ3v) is 6.24. The molecule has 1 spiro atoms. The molecule has 172 valence electrons. The topological polar surface area (TPSA) is 68.2 Å². The van der Waals surface area contributed by atoms with Gasteiger partial charge >= 0.3 is 6.09 Å². The van der Waals surface area contributed by atoms with Crippen LogP contribution >= 0.6 is 11.6 Å². The summed E-state index contributed by atoms with van der Waals surface area (Å²) in [4.78, 5) is 34.5. The van der Waals surface area contributed by atoms with Crippen molar-refractivity contribution in [1.29, 1.82) is 0 Å². The first-order chi connectivity index (χ1) is 16.2. The minimum absolute atomic E-state index is 0.406. The number of hydrogen-bond donors (Lipinski definition) is 0. The third-order valence-electron chi connectivity index (χ3n) is 5.90. The molecular weight excluding hydrogens is 452 g/mol. The van der Waals surface area contributed by atoms with E-state index in [2.05, 4.69) is 5.16 Å². The first-order valence-corrected chi connectivity index (χ1v) is 11.3. The molecule has 0 N–H and O–H groups in total. The summed E-state index contributed by atoms with van der Waals surface area (Å²) in [5.41, 5.74) is 0.580. The maximum atomic E-state index is 14.2. The number of carbonyl (C=O) groups excluding carboxylic acids is 2. The number of nitrogens with zero attached hydrogens (tertiary/aromatic N) is 2. The van der Waals surface area contributed by atoms with Gasteiger partial charge < -0.3 is 9.57 Å². The van der Waals surface area contributed by atoms with E-state index in [4.69, 9.17) is 21.2 Å². The minimum atomic E-state index is -1.61. The monoisotopic (exact) mass is 474 g/mol. The van der Waals surface area contributed by atoms with Crippen molar-refractivity contribution in [2.24, 2.45) is 5.16 Å². The van der Waals surface area contributed by atoms with Crippen LogP contribution in [0.3, 0.4) is 0 Å². The van der Waals surface area contributed by atoms with Crippen LogP contribution in [0.15, 0.2) is 84.0 Å². The Hall–Kier alpha value is -3.64. The lowest BCUT2D eigenvalue weighted by Gasteiger charge is -2.29. The number of benzene rings is 3.